The number of hydrogen-bond acceptors (Lipinski definition) is 6. The predicted molar refractivity (Wildman–Crippen MR) is 157 cm³/mol. The van der Waals surface area contributed by atoms with Crippen LogP contribution in [0.5, 0.6) is 11.5 Å². The van der Waals surface area contributed by atoms with Crippen LogP contribution in [-0.2, 0) is 32.6 Å². The van der Waals surface area contributed by atoms with E-state index in [0.29, 0.717) is 31.3 Å². The van der Waals surface area contributed by atoms with Gasteiger partial charge in [0.1, 0.15) is 25.8 Å². The third-order valence-electron chi connectivity index (χ3n) is 6.36. The Kier molecular flexibility index (Phi) is 9.70. The summed E-state index contributed by atoms with van der Waals surface area (Å²) in [5, 5.41) is 2.84. The number of hydrogen-bond donors (Lipinski definition) is 1. The highest BCUT2D eigenvalue weighted by atomic mass is 79.9. The van der Waals surface area contributed by atoms with Crippen molar-refractivity contribution in [2.24, 2.45) is 0 Å². The zero-order valence-electron chi connectivity index (χ0n) is 22.4. The third kappa shape index (κ3) is 7.54. The normalized spacial score (nSPS) is 13.3. The van der Waals surface area contributed by atoms with Gasteiger partial charge >= 0.3 is 0 Å². The summed E-state index contributed by atoms with van der Waals surface area (Å²) in [5.74, 6) is 0.0674. The van der Waals surface area contributed by atoms with E-state index in [1.54, 1.807) is 18.2 Å². The number of benzene rings is 3. The fourth-order valence-electron chi connectivity index (χ4n) is 4.48. The first kappa shape index (κ1) is 29.4. The topological polar surface area (TPSA) is 105 Å². The molecule has 2 amide bonds. The van der Waals surface area contributed by atoms with E-state index in [0.717, 1.165) is 26.2 Å². The molecule has 3 aromatic rings. The van der Waals surface area contributed by atoms with Crippen LogP contribution < -0.4 is 19.1 Å². The summed E-state index contributed by atoms with van der Waals surface area (Å²) in [6.45, 7) is 2.53. The molecule has 0 radical (unpaired) electrons. The maximum absolute atomic E-state index is 14.1. The van der Waals surface area contributed by atoms with Gasteiger partial charge in [-0.1, -0.05) is 58.4 Å². The highest BCUT2D eigenvalue weighted by Gasteiger charge is 2.33. The van der Waals surface area contributed by atoms with E-state index in [9.17, 15) is 18.0 Å². The number of amides is 2. The van der Waals surface area contributed by atoms with Crippen molar-refractivity contribution in [2.75, 3.05) is 36.9 Å². The predicted octanol–water partition coefficient (Wildman–Crippen LogP) is 3.76. The van der Waals surface area contributed by atoms with Gasteiger partial charge in [0.2, 0.25) is 21.8 Å². The van der Waals surface area contributed by atoms with Crippen LogP contribution in [0.1, 0.15) is 18.1 Å². The maximum atomic E-state index is 14.1. The monoisotopic (exact) mass is 629 g/mol. The van der Waals surface area contributed by atoms with Crippen LogP contribution in [0.3, 0.4) is 0 Å². The zero-order chi connectivity index (χ0) is 28.7. The van der Waals surface area contributed by atoms with E-state index in [-0.39, 0.29) is 24.6 Å². The number of nitrogens with one attached hydrogen (secondary N) is 1. The molecular formula is C29H32BrN3O6S. The smallest absolute Gasteiger partial charge is 0.244 e. The average Bonchev–Trinajstić information content (AvgIpc) is 2.93. The molecule has 1 aliphatic rings. The van der Waals surface area contributed by atoms with Crippen LogP contribution in [0, 0.1) is 0 Å². The van der Waals surface area contributed by atoms with E-state index >= 15 is 0 Å². The van der Waals surface area contributed by atoms with Crippen LogP contribution in [0.25, 0.3) is 0 Å². The average molecular weight is 631 g/mol. The second-order valence-electron chi connectivity index (χ2n) is 9.35. The van der Waals surface area contributed by atoms with Gasteiger partial charge in [-0.25, -0.2) is 8.42 Å². The van der Waals surface area contributed by atoms with E-state index in [2.05, 4.69) is 21.2 Å². The summed E-state index contributed by atoms with van der Waals surface area (Å²) in [5.41, 5.74) is 1.92. The summed E-state index contributed by atoms with van der Waals surface area (Å²) in [6.07, 6.45) is 1.30. The summed E-state index contributed by atoms with van der Waals surface area (Å²) in [4.78, 5) is 28.9. The van der Waals surface area contributed by atoms with Gasteiger partial charge in [0.05, 0.1) is 11.9 Å². The summed E-state index contributed by atoms with van der Waals surface area (Å²) >= 11 is 3.47. The molecule has 4 rings (SSSR count). The van der Waals surface area contributed by atoms with E-state index in [4.69, 9.17) is 9.47 Å². The molecule has 11 heteroatoms. The molecule has 40 heavy (non-hydrogen) atoms. The van der Waals surface area contributed by atoms with Crippen molar-refractivity contribution in [3.8, 4) is 11.5 Å². The van der Waals surface area contributed by atoms with Crippen molar-refractivity contribution >= 4 is 43.5 Å². The first-order valence-electron chi connectivity index (χ1n) is 12.9. The van der Waals surface area contributed by atoms with Gasteiger partial charge in [0.25, 0.3) is 0 Å². The summed E-state index contributed by atoms with van der Waals surface area (Å²) in [6, 6.07) is 20.7. The van der Waals surface area contributed by atoms with Gasteiger partial charge in [-0.2, -0.15) is 0 Å². The number of likely N-dealkylation sites (N-methyl/N-ethyl adjacent to an activating group) is 1. The lowest BCUT2D eigenvalue weighted by molar-refractivity contribution is -0.140. The fourth-order valence-corrected chi connectivity index (χ4v) is 5.77. The lowest BCUT2D eigenvalue weighted by Crippen LogP contribution is -2.53. The van der Waals surface area contributed by atoms with Crippen molar-refractivity contribution < 1.29 is 27.5 Å². The molecule has 1 aliphatic heterocycles. The van der Waals surface area contributed by atoms with Crippen LogP contribution in [0.2, 0.25) is 0 Å². The fraction of sp³-hybridized carbons (Fsp3) is 0.310. The number of ether oxygens (including phenoxy) is 2. The van der Waals surface area contributed by atoms with Gasteiger partial charge in [0.15, 0.2) is 11.5 Å². The third-order valence-corrected chi connectivity index (χ3v) is 7.99. The molecule has 0 aromatic heterocycles. The van der Waals surface area contributed by atoms with E-state index < -0.39 is 28.5 Å². The van der Waals surface area contributed by atoms with E-state index in [1.165, 1.54) is 4.90 Å². The van der Waals surface area contributed by atoms with Crippen molar-refractivity contribution in [3.63, 3.8) is 0 Å². The Hall–Kier alpha value is -3.57. The number of sulfonamides is 1. The number of rotatable bonds is 11. The molecule has 9 nitrogen and oxygen atoms in total. The summed E-state index contributed by atoms with van der Waals surface area (Å²) < 4.78 is 39.0. The number of anilines is 1. The molecule has 1 heterocycles. The second-order valence-corrected chi connectivity index (χ2v) is 12.2. The van der Waals surface area contributed by atoms with Crippen molar-refractivity contribution in [2.45, 2.75) is 25.9 Å². The Morgan fingerprint density at radius 3 is 2.33 bits per heavy atom. The van der Waals surface area contributed by atoms with E-state index in [1.807, 2.05) is 61.5 Å². The van der Waals surface area contributed by atoms with Crippen LogP contribution in [0.15, 0.2) is 77.3 Å². The molecule has 0 saturated heterocycles. The standard InChI is InChI=1S/C29H32BrN3O6S/c1-3-31-29(35)25(17-21-8-5-4-6-9-21)32(19-22-10-7-11-23(30)16-22)28(34)20-33(40(2,36)37)24-12-13-26-27(18-24)39-15-14-38-26/h4-13,16,18,25H,3,14-15,17,19-20H2,1-2H3,(H,31,35). The highest BCUT2D eigenvalue weighted by molar-refractivity contribution is 9.10. The number of nitrogens with zero attached hydrogens (tertiary/aromatic N) is 2. The quantitative estimate of drug-likeness (QED) is 0.346. The second kappa shape index (κ2) is 13.2. The van der Waals surface area contributed by atoms with Gasteiger partial charge in [-0.15, -0.1) is 0 Å². The van der Waals surface area contributed by atoms with Gasteiger partial charge in [0, 0.05) is 30.0 Å². The first-order chi connectivity index (χ1) is 19.2. The number of carbonyl (C=O) groups is 2. The van der Waals surface area contributed by atoms with Gasteiger partial charge < -0.3 is 19.7 Å². The minimum absolute atomic E-state index is 0.103. The minimum atomic E-state index is -3.89. The number of carbonyl (C=O) groups excluding carboxylic acids is 2. The molecule has 3 aromatic carbocycles. The van der Waals surface area contributed by atoms with Crippen molar-refractivity contribution in [3.05, 3.63) is 88.4 Å². The number of fused-ring (bicyclic) bond motifs is 1. The SMILES string of the molecule is CCNC(=O)C(Cc1ccccc1)N(Cc1cccc(Br)c1)C(=O)CN(c1ccc2c(c1)OCCO2)S(C)(=O)=O. The van der Waals surface area contributed by atoms with Crippen molar-refractivity contribution in [1.29, 1.82) is 0 Å². The molecule has 0 spiro atoms. The first-order valence-corrected chi connectivity index (χ1v) is 15.5. The Morgan fingerprint density at radius 2 is 1.65 bits per heavy atom. The largest absolute Gasteiger partial charge is 0.486 e. The summed E-state index contributed by atoms with van der Waals surface area (Å²) in [7, 11) is -3.89. The molecule has 0 aliphatic carbocycles. The molecular weight excluding hydrogens is 598 g/mol. The molecule has 0 saturated carbocycles. The molecule has 1 atom stereocenters. The van der Waals surface area contributed by atoms with Crippen molar-refractivity contribution in [1.82, 2.24) is 10.2 Å². The maximum Gasteiger partial charge on any atom is 0.244 e. The Bertz CT molecular complexity index is 1450. The number of halogens is 1. The molecule has 0 bridgehead atoms. The molecule has 1 N–H and O–H groups in total. The van der Waals surface area contributed by atoms with Crippen LogP contribution in [0.4, 0.5) is 5.69 Å². The molecule has 212 valence electrons. The van der Waals surface area contributed by atoms with Gasteiger partial charge in [-0.3, -0.25) is 13.9 Å². The minimum Gasteiger partial charge on any atom is -0.486 e. The molecule has 0 fully saturated rings. The Morgan fingerprint density at radius 1 is 0.950 bits per heavy atom. The van der Waals surface area contributed by atoms with Gasteiger partial charge in [-0.05, 0) is 42.3 Å². The van der Waals surface area contributed by atoms with Crippen LogP contribution in [-0.4, -0.2) is 63.7 Å². The lowest BCUT2D eigenvalue weighted by atomic mass is 10.0. The Labute approximate surface area is 243 Å². The Balaban J connectivity index is 1.72. The van der Waals surface area contributed by atoms with Crippen LogP contribution >= 0.6 is 15.9 Å². The zero-order valence-corrected chi connectivity index (χ0v) is 24.8. The highest BCUT2D eigenvalue weighted by Crippen LogP contribution is 2.34. The molecule has 1 unspecified atom stereocenters. The lowest BCUT2D eigenvalue weighted by Gasteiger charge is -2.33.